The Balaban J connectivity index is 1.95. The molecule has 1 N–H and O–H groups in total. The first-order chi connectivity index (χ1) is 6.12. The molecule has 0 atom stereocenters. The van der Waals surface area contributed by atoms with Gasteiger partial charge in [-0.1, -0.05) is 25.2 Å². The molecule has 2 saturated heterocycles. The molecule has 0 bridgehead atoms. The molecule has 2 fully saturated rings. The van der Waals surface area contributed by atoms with Crippen LogP contribution in [0.1, 0.15) is 25.7 Å². The zero-order chi connectivity index (χ0) is 9.36. The molecular formula is C11H23NSi. The third-order valence-electron chi connectivity index (χ3n) is 4.33. The predicted molar refractivity (Wildman–Crippen MR) is 60.9 cm³/mol. The average molecular weight is 197 g/mol. The SMILES string of the molecule is C[Si]1(C)CCC2(CCNCC2)CC1. The molecule has 0 aromatic rings. The third-order valence-corrected chi connectivity index (χ3v) is 7.54. The molecule has 0 aromatic heterocycles. The van der Waals surface area contributed by atoms with Crippen molar-refractivity contribution in [1.82, 2.24) is 5.32 Å². The van der Waals surface area contributed by atoms with E-state index in [1.54, 1.807) is 24.9 Å². The highest BCUT2D eigenvalue weighted by Crippen LogP contribution is 2.46. The Morgan fingerprint density at radius 2 is 1.46 bits per heavy atom. The van der Waals surface area contributed by atoms with E-state index in [0.29, 0.717) is 0 Å². The Kier molecular flexibility index (Phi) is 2.54. The van der Waals surface area contributed by atoms with Crippen LogP contribution in [0.3, 0.4) is 0 Å². The van der Waals surface area contributed by atoms with E-state index < -0.39 is 8.07 Å². The maximum absolute atomic E-state index is 3.49. The van der Waals surface area contributed by atoms with Gasteiger partial charge in [0.05, 0.1) is 0 Å². The summed E-state index contributed by atoms with van der Waals surface area (Å²) in [6.45, 7) is 7.70. The quantitative estimate of drug-likeness (QED) is 0.589. The van der Waals surface area contributed by atoms with E-state index in [1.165, 1.54) is 25.9 Å². The second-order valence-electron chi connectivity index (χ2n) is 5.91. The second-order valence-corrected chi connectivity index (χ2v) is 11.2. The summed E-state index contributed by atoms with van der Waals surface area (Å²) in [6, 6.07) is 3.18. The lowest BCUT2D eigenvalue weighted by Gasteiger charge is -2.45. The van der Waals surface area contributed by atoms with Gasteiger partial charge in [-0.05, 0) is 44.2 Å². The molecule has 2 aliphatic rings. The van der Waals surface area contributed by atoms with Gasteiger partial charge in [-0.3, -0.25) is 0 Å². The van der Waals surface area contributed by atoms with Crippen molar-refractivity contribution in [2.75, 3.05) is 13.1 Å². The molecule has 0 amide bonds. The van der Waals surface area contributed by atoms with E-state index >= 15 is 0 Å². The molecule has 0 aromatic carbocycles. The smallest absolute Gasteiger partial charge is 0.0474 e. The minimum Gasteiger partial charge on any atom is -0.317 e. The lowest BCUT2D eigenvalue weighted by atomic mass is 9.74. The van der Waals surface area contributed by atoms with Crippen LogP contribution in [0, 0.1) is 5.41 Å². The second kappa shape index (κ2) is 3.39. The summed E-state index contributed by atoms with van der Waals surface area (Å²) < 4.78 is 0. The molecule has 1 nitrogen and oxygen atoms in total. The van der Waals surface area contributed by atoms with E-state index in [4.69, 9.17) is 0 Å². The average Bonchev–Trinajstić information content (AvgIpc) is 2.13. The fraction of sp³-hybridized carbons (Fsp3) is 1.00. The molecule has 1 spiro atoms. The Morgan fingerprint density at radius 3 is 2.00 bits per heavy atom. The van der Waals surface area contributed by atoms with Crippen LogP contribution in [0.15, 0.2) is 0 Å². The van der Waals surface area contributed by atoms with Gasteiger partial charge in [-0.15, -0.1) is 0 Å². The molecule has 0 radical (unpaired) electrons. The summed E-state index contributed by atoms with van der Waals surface area (Å²) in [5.74, 6) is 0. The lowest BCUT2D eigenvalue weighted by molar-refractivity contribution is 0.175. The van der Waals surface area contributed by atoms with E-state index in [1.807, 2.05) is 0 Å². The van der Waals surface area contributed by atoms with Crippen molar-refractivity contribution in [3.8, 4) is 0 Å². The molecule has 2 aliphatic heterocycles. The van der Waals surface area contributed by atoms with Crippen LogP contribution < -0.4 is 5.32 Å². The molecule has 0 saturated carbocycles. The molecule has 0 unspecified atom stereocenters. The van der Waals surface area contributed by atoms with Crippen molar-refractivity contribution in [2.45, 2.75) is 50.9 Å². The van der Waals surface area contributed by atoms with Crippen molar-refractivity contribution >= 4 is 8.07 Å². The van der Waals surface area contributed by atoms with Crippen molar-refractivity contribution in [1.29, 1.82) is 0 Å². The molecule has 2 rings (SSSR count). The zero-order valence-corrected chi connectivity index (χ0v) is 10.2. The highest BCUT2D eigenvalue weighted by molar-refractivity contribution is 6.77. The first-order valence-electron chi connectivity index (χ1n) is 5.83. The van der Waals surface area contributed by atoms with Crippen LogP contribution in [0.25, 0.3) is 0 Å². The van der Waals surface area contributed by atoms with Crippen LogP contribution in [0.2, 0.25) is 25.2 Å². The van der Waals surface area contributed by atoms with Gasteiger partial charge in [-0.2, -0.15) is 0 Å². The number of piperidine rings is 1. The summed E-state index contributed by atoms with van der Waals surface area (Å²) in [4.78, 5) is 0. The third kappa shape index (κ3) is 2.16. The summed E-state index contributed by atoms with van der Waals surface area (Å²) in [6.07, 6.45) is 6.01. The Hall–Kier alpha value is 0.177. The number of hydrogen-bond donors (Lipinski definition) is 1. The van der Waals surface area contributed by atoms with Gasteiger partial charge in [-0.25, -0.2) is 0 Å². The minimum absolute atomic E-state index is 0.721. The van der Waals surface area contributed by atoms with Gasteiger partial charge in [0.2, 0.25) is 0 Å². The first kappa shape index (κ1) is 9.72. The molecular weight excluding hydrogens is 174 g/mol. The topological polar surface area (TPSA) is 12.0 Å². The summed E-state index contributed by atoms with van der Waals surface area (Å²) >= 11 is 0. The maximum Gasteiger partial charge on any atom is 0.0474 e. The van der Waals surface area contributed by atoms with Gasteiger partial charge in [0.15, 0.2) is 0 Å². The highest BCUT2D eigenvalue weighted by Gasteiger charge is 2.39. The molecule has 0 aliphatic carbocycles. The van der Waals surface area contributed by atoms with Crippen molar-refractivity contribution in [3.63, 3.8) is 0 Å². The first-order valence-corrected chi connectivity index (χ1v) is 9.24. The number of rotatable bonds is 0. The highest BCUT2D eigenvalue weighted by atomic mass is 28.3. The molecule has 2 heterocycles. The zero-order valence-electron chi connectivity index (χ0n) is 9.16. The molecule has 13 heavy (non-hydrogen) atoms. The normalized spacial score (nSPS) is 31.8. The van der Waals surface area contributed by atoms with E-state index in [0.717, 1.165) is 5.41 Å². The Morgan fingerprint density at radius 1 is 0.923 bits per heavy atom. The van der Waals surface area contributed by atoms with Crippen molar-refractivity contribution in [2.24, 2.45) is 5.41 Å². The van der Waals surface area contributed by atoms with Crippen LogP contribution >= 0.6 is 0 Å². The largest absolute Gasteiger partial charge is 0.317 e. The standard InChI is InChI=1S/C11H23NSi/c1-13(2)9-5-11(6-10-13)3-7-12-8-4-11/h12H,3-10H2,1-2H3. The van der Waals surface area contributed by atoms with Crippen LogP contribution in [-0.4, -0.2) is 21.2 Å². The monoisotopic (exact) mass is 197 g/mol. The summed E-state index contributed by atoms with van der Waals surface area (Å²) in [7, 11) is -0.721. The van der Waals surface area contributed by atoms with Crippen LogP contribution in [0.4, 0.5) is 0 Å². The fourth-order valence-electron chi connectivity index (χ4n) is 2.91. The number of hydrogen-bond acceptors (Lipinski definition) is 1. The summed E-state index contributed by atoms with van der Waals surface area (Å²) in [5.41, 5.74) is 0.785. The van der Waals surface area contributed by atoms with Gasteiger partial charge in [0.25, 0.3) is 0 Å². The van der Waals surface area contributed by atoms with E-state index in [-0.39, 0.29) is 0 Å². The van der Waals surface area contributed by atoms with Gasteiger partial charge >= 0.3 is 0 Å². The van der Waals surface area contributed by atoms with Crippen molar-refractivity contribution in [3.05, 3.63) is 0 Å². The van der Waals surface area contributed by atoms with E-state index in [2.05, 4.69) is 18.4 Å². The maximum atomic E-state index is 3.49. The predicted octanol–water partition coefficient (Wildman–Crippen LogP) is 2.86. The fourth-order valence-corrected chi connectivity index (χ4v) is 5.58. The van der Waals surface area contributed by atoms with Gasteiger partial charge in [0, 0.05) is 8.07 Å². The summed E-state index contributed by atoms with van der Waals surface area (Å²) in [5, 5.41) is 3.49. The minimum atomic E-state index is -0.721. The lowest BCUT2D eigenvalue weighted by Crippen LogP contribution is -2.43. The molecule has 2 heteroatoms. The number of nitrogens with one attached hydrogen (secondary N) is 1. The Bertz CT molecular complexity index is 171. The van der Waals surface area contributed by atoms with Crippen molar-refractivity contribution < 1.29 is 0 Å². The Labute approximate surface area is 83.3 Å². The van der Waals surface area contributed by atoms with Crippen LogP contribution in [-0.2, 0) is 0 Å². The van der Waals surface area contributed by atoms with E-state index in [9.17, 15) is 0 Å². The van der Waals surface area contributed by atoms with Gasteiger partial charge in [0.1, 0.15) is 0 Å². The van der Waals surface area contributed by atoms with Gasteiger partial charge < -0.3 is 5.32 Å². The molecule has 76 valence electrons. The van der Waals surface area contributed by atoms with Crippen LogP contribution in [0.5, 0.6) is 0 Å².